The quantitative estimate of drug-likeness (QED) is 0.756. The lowest BCUT2D eigenvalue weighted by Gasteiger charge is -2.11. The highest BCUT2D eigenvalue weighted by molar-refractivity contribution is 6.31. The Morgan fingerprint density at radius 3 is 2.53 bits per heavy atom. The van der Waals surface area contributed by atoms with Gasteiger partial charge in [-0.05, 0) is 54.9 Å². The molecule has 2 aliphatic rings. The smallest absolute Gasteiger partial charge is 0.0781 e. The summed E-state index contributed by atoms with van der Waals surface area (Å²) in [4.78, 5) is 0. The van der Waals surface area contributed by atoms with Crippen LogP contribution in [0.5, 0.6) is 0 Å². The molecular weight excluding hydrogens is 230 g/mol. The van der Waals surface area contributed by atoms with Gasteiger partial charge in [0.1, 0.15) is 0 Å². The first-order valence-electron chi connectivity index (χ1n) is 6.13. The number of nitrogens with two attached hydrogens (primary N) is 1. The van der Waals surface area contributed by atoms with Gasteiger partial charge < -0.3 is 5.73 Å². The van der Waals surface area contributed by atoms with E-state index in [0.29, 0.717) is 0 Å². The zero-order valence-electron chi connectivity index (χ0n) is 10.0. The Kier molecular flexibility index (Phi) is 2.30. The summed E-state index contributed by atoms with van der Waals surface area (Å²) < 4.78 is 0. The summed E-state index contributed by atoms with van der Waals surface area (Å²) in [5.41, 5.74) is 8.32. The number of benzene rings is 1. The molecule has 0 aliphatic heterocycles. The fourth-order valence-corrected chi connectivity index (χ4v) is 2.32. The Morgan fingerprint density at radius 2 is 1.94 bits per heavy atom. The van der Waals surface area contributed by atoms with E-state index in [9.17, 15) is 0 Å². The van der Waals surface area contributed by atoms with Crippen molar-refractivity contribution in [2.75, 3.05) is 0 Å². The van der Waals surface area contributed by atoms with Gasteiger partial charge in [-0.1, -0.05) is 30.4 Å². The van der Waals surface area contributed by atoms with Gasteiger partial charge in [-0.2, -0.15) is 0 Å². The van der Waals surface area contributed by atoms with Gasteiger partial charge in [0.05, 0.1) is 5.54 Å². The van der Waals surface area contributed by atoms with Crippen LogP contribution < -0.4 is 5.73 Å². The van der Waals surface area contributed by atoms with E-state index in [1.165, 1.54) is 18.4 Å². The Bertz CT molecular complexity index is 528. The molecule has 0 bridgehead atoms. The van der Waals surface area contributed by atoms with Crippen molar-refractivity contribution >= 4 is 11.6 Å². The summed E-state index contributed by atoms with van der Waals surface area (Å²) >= 11 is 6.25. The Balaban J connectivity index is 1.93. The number of hydrogen-bond donors (Lipinski definition) is 1. The zero-order chi connectivity index (χ0) is 12.1. The minimum atomic E-state index is -0.205. The molecule has 1 aromatic carbocycles. The lowest BCUT2D eigenvalue weighted by Crippen LogP contribution is -2.18. The highest BCUT2D eigenvalue weighted by Crippen LogP contribution is 2.50. The maximum Gasteiger partial charge on any atom is 0.0781 e. The number of rotatable bonds is 1. The molecular formula is C15H16ClN. The van der Waals surface area contributed by atoms with Crippen molar-refractivity contribution in [3.8, 4) is 11.8 Å². The van der Waals surface area contributed by atoms with Crippen molar-refractivity contribution in [2.24, 2.45) is 5.73 Å². The molecule has 0 unspecified atom stereocenters. The second-order valence-electron chi connectivity index (χ2n) is 5.66. The Hall–Kier alpha value is -0.970. The lowest BCUT2D eigenvalue weighted by atomic mass is 9.96. The van der Waals surface area contributed by atoms with E-state index in [1.807, 2.05) is 12.1 Å². The van der Waals surface area contributed by atoms with Crippen LogP contribution >= 0.6 is 11.6 Å². The maximum atomic E-state index is 6.25. The first kappa shape index (κ1) is 11.1. The summed E-state index contributed by atoms with van der Waals surface area (Å²) in [5.74, 6) is 6.33. The molecule has 2 N–H and O–H groups in total. The molecule has 2 aliphatic carbocycles. The predicted octanol–water partition coefficient (Wildman–Crippen LogP) is 3.23. The number of halogens is 1. The highest BCUT2D eigenvalue weighted by atomic mass is 35.5. The molecule has 0 heterocycles. The lowest BCUT2D eigenvalue weighted by molar-refractivity contribution is 0.788. The van der Waals surface area contributed by atoms with E-state index < -0.39 is 0 Å². The highest BCUT2D eigenvalue weighted by Gasteiger charge is 2.40. The van der Waals surface area contributed by atoms with Crippen LogP contribution in [0.4, 0.5) is 0 Å². The molecule has 0 atom stereocenters. The molecule has 0 radical (unpaired) electrons. The molecule has 0 amide bonds. The second kappa shape index (κ2) is 3.51. The molecule has 1 nitrogen and oxygen atoms in total. The summed E-state index contributed by atoms with van der Waals surface area (Å²) in [6, 6.07) is 6.07. The molecule has 1 aromatic rings. The van der Waals surface area contributed by atoms with Gasteiger partial charge in [0.25, 0.3) is 0 Å². The zero-order valence-corrected chi connectivity index (χ0v) is 10.8. The second-order valence-corrected chi connectivity index (χ2v) is 6.07. The van der Waals surface area contributed by atoms with Crippen LogP contribution in [0.1, 0.15) is 43.7 Å². The molecule has 17 heavy (non-hydrogen) atoms. The van der Waals surface area contributed by atoms with E-state index in [2.05, 4.69) is 24.8 Å². The first-order valence-corrected chi connectivity index (χ1v) is 6.51. The van der Waals surface area contributed by atoms with Crippen molar-refractivity contribution in [3.05, 3.63) is 34.3 Å². The molecule has 0 saturated heterocycles. The van der Waals surface area contributed by atoms with Crippen molar-refractivity contribution in [3.63, 3.8) is 0 Å². The van der Waals surface area contributed by atoms with Gasteiger partial charge in [0, 0.05) is 10.6 Å². The molecule has 0 spiro atoms. The van der Waals surface area contributed by atoms with Crippen LogP contribution in [0, 0.1) is 11.8 Å². The summed E-state index contributed by atoms with van der Waals surface area (Å²) in [6.07, 6.45) is 4.51. The molecule has 3 rings (SSSR count). The topological polar surface area (TPSA) is 26.0 Å². The predicted molar refractivity (Wildman–Crippen MR) is 71.1 cm³/mol. The maximum absolute atomic E-state index is 6.25. The van der Waals surface area contributed by atoms with E-state index >= 15 is 0 Å². The minimum absolute atomic E-state index is 0.205. The van der Waals surface area contributed by atoms with Gasteiger partial charge in [-0.3, -0.25) is 0 Å². The van der Waals surface area contributed by atoms with Crippen LogP contribution in [-0.2, 0) is 5.41 Å². The first-order chi connectivity index (χ1) is 8.01. The summed E-state index contributed by atoms with van der Waals surface area (Å²) in [7, 11) is 0. The van der Waals surface area contributed by atoms with Crippen LogP contribution in [0.15, 0.2) is 18.2 Å². The third kappa shape index (κ3) is 2.20. The van der Waals surface area contributed by atoms with Gasteiger partial charge in [-0.25, -0.2) is 0 Å². The van der Waals surface area contributed by atoms with Crippen molar-refractivity contribution in [1.29, 1.82) is 0 Å². The van der Waals surface area contributed by atoms with Crippen LogP contribution in [0.3, 0.4) is 0 Å². The van der Waals surface area contributed by atoms with E-state index in [-0.39, 0.29) is 11.0 Å². The van der Waals surface area contributed by atoms with Crippen LogP contribution in [0.25, 0.3) is 0 Å². The fraction of sp³-hybridized carbons (Fsp3) is 0.467. The average Bonchev–Trinajstić information content (AvgIpc) is 3.19. The summed E-state index contributed by atoms with van der Waals surface area (Å²) in [6.45, 7) is 2.26. The Morgan fingerprint density at radius 1 is 1.24 bits per heavy atom. The molecule has 2 fully saturated rings. The largest absolute Gasteiger partial charge is 0.315 e. The standard InChI is InChI=1S/C15H16ClN/c1-14(6-7-14)12-10-11(2-3-13(12)16)4-5-15(17)8-9-15/h2-3,10H,6-9,17H2,1H3. The third-order valence-electron chi connectivity index (χ3n) is 3.86. The van der Waals surface area contributed by atoms with Crippen molar-refractivity contribution < 1.29 is 0 Å². The Labute approximate surface area is 107 Å². The normalized spacial score (nSPS) is 22.5. The van der Waals surface area contributed by atoms with Gasteiger partial charge >= 0.3 is 0 Å². The molecule has 2 saturated carbocycles. The fourth-order valence-electron chi connectivity index (χ4n) is 1.98. The molecule has 2 heteroatoms. The van der Waals surface area contributed by atoms with Crippen LogP contribution in [-0.4, -0.2) is 5.54 Å². The van der Waals surface area contributed by atoms with Crippen molar-refractivity contribution in [1.82, 2.24) is 0 Å². The SMILES string of the molecule is CC1(c2cc(C#CC3(N)CC3)ccc2Cl)CC1. The van der Waals surface area contributed by atoms with Gasteiger partial charge in [-0.15, -0.1) is 0 Å². The number of hydrogen-bond acceptors (Lipinski definition) is 1. The molecule has 88 valence electrons. The third-order valence-corrected chi connectivity index (χ3v) is 4.19. The average molecular weight is 246 g/mol. The van der Waals surface area contributed by atoms with Crippen molar-refractivity contribution in [2.45, 2.75) is 43.6 Å². The molecule has 0 aromatic heterocycles. The monoisotopic (exact) mass is 245 g/mol. The minimum Gasteiger partial charge on any atom is -0.315 e. The van der Waals surface area contributed by atoms with E-state index in [0.717, 1.165) is 23.4 Å². The van der Waals surface area contributed by atoms with Crippen LogP contribution in [0.2, 0.25) is 5.02 Å². The van der Waals surface area contributed by atoms with E-state index in [4.69, 9.17) is 17.3 Å². The van der Waals surface area contributed by atoms with Gasteiger partial charge in [0.2, 0.25) is 0 Å². The summed E-state index contributed by atoms with van der Waals surface area (Å²) in [5, 5.41) is 0.865. The van der Waals surface area contributed by atoms with E-state index in [1.54, 1.807) is 0 Å². The van der Waals surface area contributed by atoms with Gasteiger partial charge in [0.15, 0.2) is 0 Å².